The number of rotatable bonds is 2. The molecule has 9 nitrogen and oxygen atoms in total. The molecule has 1 aromatic carbocycles. The molecule has 2 aliphatic heterocycles. The van der Waals surface area contributed by atoms with Gasteiger partial charge in [0.15, 0.2) is 17.5 Å². The molecule has 0 bridgehead atoms. The van der Waals surface area contributed by atoms with Crippen LogP contribution in [0.5, 0.6) is 23.1 Å². The number of fused-ring (bicyclic) bond motifs is 2. The number of nitrogens with zero attached hydrogens (tertiary/aromatic N) is 2. The van der Waals surface area contributed by atoms with E-state index >= 15 is 0 Å². The summed E-state index contributed by atoms with van der Waals surface area (Å²) in [5, 5.41) is 10.7. The highest BCUT2D eigenvalue weighted by molar-refractivity contribution is 5.62. The second-order valence-electron chi connectivity index (χ2n) is 6.94. The monoisotopic (exact) mass is 376 g/mol. The van der Waals surface area contributed by atoms with Crippen LogP contribution in [-0.2, 0) is 20.5 Å². The zero-order valence-corrected chi connectivity index (χ0v) is 15.7. The Morgan fingerprint density at radius 1 is 1.22 bits per heavy atom. The van der Waals surface area contributed by atoms with Gasteiger partial charge < -0.3 is 24.2 Å². The van der Waals surface area contributed by atoms with Gasteiger partial charge in [-0.05, 0) is 11.6 Å². The van der Waals surface area contributed by atoms with Crippen LogP contribution in [0.3, 0.4) is 0 Å². The predicted molar refractivity (Wildman–Crippen MR) is 95.0 cm³/mol. The number of benzene rings is 1. The molecule has 0 amide bonds. The molecule has 4 rings (SSSR count). The number of likely N-dealkylation sites (N-methyl/N-ethyl adjacent to an activating group) is 1. The van der Waals surface area contributed by atoms with Gasteiger partial charge in [-0.2, -0.15) is 0 Å². The zero-order chi connectivity index (χ0) is 19.5. The maximum absolute atomic E-state index is 12.9. The average molecular weight is 376 g/mol. The Hall–Kier alpha value is -2.94. The van der Waals surface area contributed by atoms with Crippen molar-refractivity contribution >= 4 is 0 Å². The quantitative estimate of drug-likeness (QED) is 0.676. The van der Waals surface area contributed by atoms with E-state index in [0.29, 0.717) is 17.2 Å². The molecule has 144 valence electrons. The lowest BCUT2D eigenvalue weighted by Crippen LogP contribution is -3.10. The Morgan fingerprint density at radius 3 is 2.67 bits per heavy atom. The molecule has 0 saturated heterocycles. The molecule has 1 unspecified atom stereocenters. The fraction of sp³-hybridized carbons (Fsp3) is 0.444. The number of aromatic hydroxyl groups is 1. The smallest absolute Gasteiger partial charge is 0.333 e. The number of methoxy groups -OCH3 is 1. The second-order valence-corrected chi connectivity index (χ2v) is 6.94. The predicted octanol–water partition coefficient (Wildman–Crippen LogP) is -1.31. The van der Waals surface area contributed by atoms with Crippen LogP contribution in [0, 0.1) is 0 Å². The third-order valence-corrected chi connectivity index (χ3v) is 5.47. The first-order valence-electron chi connectivity index (χ1n) is 8.67. The molecule has 2 aromatic rings. The summed E-state index contributed by atoms with van der Waals surface area (Å²) < 4.78 is 18.8. The minimum Gasteiger partial charge on any atom is -0.494 e. The molecule has 0 fully saturated rings. The number of hydrogen-bond acceptors (Lipinski definition) is 6. The molecule has 2 atom stereocenters. The summed E-state index contributed by atoms with van der Waals surface area (Å²) >= 11 is 0. The zero-order valence-electron chi connectivity index (χ0n) is 15.7. The van der Waals surface area contributed by atoms with Crippen LogP contribution in [0.2, 0.25) is 0 Å². The first kappa shape index (κ1) is 17.5. The van der Waals surface area contributed by atoms with Crippen LogP contribution in [0.25, 0.3) is 0 Å². The van der Waals surface area contributed by atoms with Gasteiger partial charge in [-0.15, -0.1) is 0 Å². The summed E-state index contributed by atoms with van der Waals surface area (Å²) in [6.07, 6.45) is 0.761. The normalized spacial score (nSPS) is 20.4. The number of hydrogen-bond donors (Lipinski definition) is 2. The van der Waals surface area contributed by atoms with Gasteiger partial charge >= 0.3 is 5.69 Å². The summed E-state index contributed by atoms with van der Waals surface area (Å²) in [5.41, 5.74) is 0.814. The molecule has 2 N–H and O–H groups in total. The van der Waals surface area contributed by atoms with Gasteiger partial charge in [-0.1, -0.05) is 0 Å². The van der Waals surface area contributed by atoms with Crippen molar-refractivity contribution in [3.63, 3.8) is 0 Å². The average Bonchev–Trinajstić information content (AvgIpc) is 3.13. The van der Waals surface area contributed by atoms with Crippen LogP contribution in [-0.4, -0.2) is 41.7 Å². The minimum absolute atomic E-state index is 0.106. The lowest BCUT2D eigenvalue weighted by molar-refractivity contribution is -0.908. The van der Waals surface area contributed by atoms with E-state index < -0.39 is 17.3 Å². The van der Waals surface area contributed by atoms with E-state index in [9.17, 15) is 14.7 Å². The van der Waals surface area contributed by atoms with Crippen molar-refractivity contribution in [1.82, 2.24) is 9.13 Å². The van der Waals surface area contributed by atoms with Crippen molar-refractivity contribution in [2.75, 3.05) is 27.5 Å². The molecule has 0 spiro atoms. The van der Waals surface area contributed by atoms with Crippen LogP contribution in [0.4, 0.5) is 0 Å². The maximum Gasteiger partial charge on any atom is 0.333 e. The van der Waals surface area contributed by atoms with Gasteiger partial charge in [0.25, 0.3) is 5.56 Å². The van der Waals surface area contributed by atoms with E-state index in [1.165, 1.54) is 21.2 Å². The number of quaternary nitrogens is 1. The van der Waals surface area contributed by atoms with Gasteiger partial charge in [0.1, 0.15) is 5.56 Å². The fourth-order valence-corrected chi connectivity index (χ4v) is 4.03. The first-order chi connectivity index (χ1) is 12.9. The second kappa shape index (κ2) is 6.05. The molecular weight excluding hydrogens is 354 g/mol. The molecule has 0 aliphatic carbocycles. The van der Waals surface area contributed by atoms with Crippen LogP contribution in [0.1, 0.15) is 22.7 Å². The summed E-state index contributed by atoms with van der Waals surface area (Å²) in [5.74, 6) is 1.28. The van der Waals surface area contributed by atoms with Crippen LogP contribution >= 0.6 is 0 Å². The Bertz CT molecular complexity index is 1050. The topological polar surface area (TPSA) is 96.4 Å². The van der Waals surface area contributed by atoms with Crippen molar-refractivity contribution in [2.24, 2.45) is 14.1 Å². The van der Waals surface area contributed by atoms with Gasteiger partial charge in [0.05, 0.1) is 26.3 Å². The van der Waals surface area contributed by atoms with Gasteiger partial charge in [-0.25, -0.2) is 4.79 Å². The highest BCUT2D eigenvalue weighted by atomic mass is 16.7. The van der Waals surface area contributed by atoms with Crippen LogP contribution in [0.15, 0.2) is 15.7 Å². The Labute approximate surface area is 154 Å². The van der Waals surface area contributed by atoms with Crippen LogP contribution < -0.4 is 30.4 Å². The summed E-state index contributed by atoms with van der Waals surface area (Å²) in [4.78, 5) is 26.1. The van der Waals surface area contributed by atoms with Gasteiger partial charge in [0.2, 0.25) is 18.4 Å². The van der Waals surface area contributed by atoms with Crippen molar-refractivity contribution in [3.8, 4) is 23.1 Å². The number of ether oxygens (including phenoxy) is 3. The summed E-state index contributed by atoms with van der Waals surface area (Å²) in [6.45, 7) is 0.848. The summed E-state index contributed by atoms with van der Waals surface area (Å²) in [7, 11) is 6.33. The molecule has 9 heteroatoms. The largest absolute Gasteiger partial charge is 0.494 e. The summed E-state index contributed by atoms with van der Waals surface area (Å²) in [6, 6.07) is 1.40. The Balaban J connectivity index is 2.06. The van der Waals surface area contributed by atoms with E-state index in [4.69, 9.17) is 14.2 Å². The molecule has 0 radical (unpaired) electrons. The van der Waals surface area contributed by atoms with E-state index in [0.717, 1.165) is 38.1 Å². The number of nitrogens with one attached hydrogen (secondary N) is 1. The Kier molecular flexibility index (Phi) is 3.92. The van der Waals surface area contributed by atoms with Gasteiger partial charge in [-0.3, -0.25) is 13.9 Å². The lowest BCUT2D eigenvalue weighted by atomic mass is 9.87. The molecule has 0 saturated carbocycles. The molecule has 27 heavy (non-hydrogen) atoms. The van der Waals surface area contributed by atoms with Gasteiger partial charge in [0, 0.05) is 20.5 Å². The molecule has 3 heterocycles. The van der Waals surface area contributed by atoms with E-state index in [-0.39, 0.29) is 18.2 Å². The van der Waals surface area contributed by atoms with Crippen molar-refractivity contribution < 1.29 is 24.2 Å². The third kappa shape index (κ3) is 2.34. The maximum atomic E-state index is 12.9. The molecule has 2 aliphatic rings. The Morgan fingerprint density at radius 2 is 1.96 bits per heavy atom. The van der Waals surface area contributed by atoms with E-state index in [1.54, 1.807) is 0 Å². The van der Waals surface area contributed by atoms with Crippen molar-refractivity contribution in [3.05, 3.63) is 43.6 Å². The van der Waals surface area contributed by atoms with E-state index in [1.807, 2.05) is 13.1 Å². The molecular formula is C18H22N3O6+. The van der Waals surface area contributed by atoms with E-state index in [2.05, 4.69) is 0 Å². The fourth-order valence-electron chi connectivity index (χ4n) is 4.03. The lowest BCUT2D eigenvalue weighted by Gasteiger charge is -2.33. The number of aromatic nitrogens is 2. The van der Waals surface area contributed by atoms with Crippen molar-refractivity contribution in [2.45, 2.75) is 12.5 Å². The first-order valence-corrected chi connectivity index (χ1v) is 8.67. The van der Waals surface area contributed by atoms with Crippen molar-refractivity contribution in [1.29, 1.82) is 0 Å². The highest BCUT2D eigenvalue weighted by Crippen LogP contribution is 2.48. The standard InChI is InChI=1S/C18H21N3O6/c1-19-6-5-9-7-10-14(27-8-26-10)15(25-4)11(9)13(19)12-16(22)20(2)18(24)21(3)17(12)23/h7,13,22H,5-6,8H2,1-4H3/p+1/t13-/m1/s1. The highest BCUT2D eigenvalue weighted by Gasteiger charge is 2.41. The SMILES string of the molecule is COc1c2c(cc3c1[C@H](c1c(O)n(C)c(=O)n(C)c1=O)[NH+](C)CC3)OCO2. The molecule has 1 aromatic heterocycles. The third-order valence-electron chi connectivity index (χ3n) is 5.47. The minimum atomic E-state index is -0.576.